The number of carboxylic acid groups (broad SMARTS) is 1. The second-order valence-electron chi connectivity index (χ2n) is 4.61. The van der Waals surface area contributed by atoms with Crippen molar-refractivity contribution < 1.29 is 9.90 Å². The fraction of sp³-hybridized carbons (Fsp3) is 0.0667. The predicted molar refractivity (Wildman–Crippen MR) is 75.6 cm³/mol. The van der Waals surface area contributed by atoms with Gasteiger partial charge in [0.2, 0.25) is 0 Å². The van der Waals surface area contributed by atoms with E-state index in [1.807, 2.05) is 19.1 Å². The van der Waals surface area contributed by atoms with Crippen molar-refractivity contribution in [2.75, 3.05) is 0 Å². The van der Waals surface area contributed by atoms with Crippen LogP contribution in [0.3, 0.4) is 0 Å². The summed E-state index contributed by atoms with van der Waals surface area (Å²) in [7, 11) is 0. The van der Waals surface area contributed by atoms with Gasteiger partial charge < -0.3 is 10.1 Å². The Morgan fingerprint density at radius 2 is 1.85 bits per heavy atom. The molecule has 0 atom stereocenters. The standard InChI is InChI=1S/C15H12N2O3/c1-9-5-7-10(8-6-9)17-13-11(14(18)19)3-2-4-12(13)16-15(17)20/h2-8H,1H3,(H,16,20)(H,18,19). The lowest BCUT2D eigenvalue weighted by Gasteiger charge is -2.06. The minimum absolute atomic E-state index is 0.0985. The zero-order valence-electron chi connectivity index (χ0n) is 10.8. The van der Waals surface area contributed by atoms with Crippen molar-refractivity contribution in [1.82, 2.24) is 9.55 Å². The molecule has 0 saturated heterocycles. The lowest BCUT2D eigenvalue weighted by Crippen LogP contribution is -2.15. The molecule has 1 aromatic heterocycles. The van der Waals surface area contributed by atoms with Crippen LogP contribution >= 0.6 is 0 Å². The first-order valence-corrected chi connectivity index (χ1v) is 6.12. The number of para-hydroxylation sites is 1. The summed E-state index contributed by atoms with van der Waals surface area (Å²) in [5.74, 6) is -1.06. The summed E-state index contributed by atoms with van der Waals surface area (Å²) in [6.07, 6.45) is 0. The van der Waals surface area contributed by atoms with Gasteiger partial charge in [0.25, 0.3) is 0 Å². The number of H-pyrrole nitrogens is 1. The molecule has 100 valence electrons. The Morgan fingerprint density at radius 1 is 1.15 bits per heavy atom. The molecule has 0 bridgehead atoms. The lowest BCUT2D eigenvalue weighted by atomic mass is 10.1. The predicted octanol–water partition coefficient (Wildman–Crippen LogP) is 2.33. The van der Waals surface area contributed by atoms with E-state index in [0.717, 1.165) is 5.56 Å². The summed E-state index contributed by atoms with van der Waals surface area (Å²) in [4.78, 5) is 26.1. The Bertz CT molecular complexity index is 857. The van der Waals surface area contributed by atoms with Crippen LogP contribution in [0, 0.1) is 6.92 Å². The molecule has 2 N–H and O–H groups in total. The molecule has 3 rings (SSSR count). The minimum Gasteiger partial charge on any atom is -0.478 e. The van der Waals surface area contributed by atoms with Crippen LogP contribution < -0.4 is 5.69 Å². The summed E-state index contributed by atoms with van der Waals surface area (Å²) >= 11 is 0. The highest BCUT2D eigenvalue weighted by molar-refractivity contribution is 6.01. The van der Waals surface area contributed by atoms with Gasteiger partial charge >= 0.3 is 11.7 Å². The summed E-state index contributed by atoms with van der Waals surface area (Å²) < 4.78 is 1.39. The van der Waals surface area contributed by atoms with Gasteiger partial charge in [-0.15, -0.1) is 0 Å². The van der Waals surface area contributed by atoms with E-state index >= 15 is 0 Å². The number of hydrogen-bond donors (Lipinski definition) is 2. The second-order valence-corrected chi connectivity index (χ2v) is 4.61. The van der Waals surface area contributed by atoms with Crippen molar-refractivity contribution in [3.63, 3.8) is 0 Å². The number of carbonyl (C=O) groups is 1. The number of carboxylic acids is 1. The molecule has 0 aliphatic heterocycles. The molecule has 0 saturated carbocycles. The second kappa shape index (κ2) is 4.38. The van der Waals surface area contributed by atoms with Crippen LogP contribution in [-0.2, 0) is 0 Å². The number of aromatic nitrogens is 2. The van der Waals surface area contributed by atoms with Gasteiger partial charge in [-0.1, -0.05) is 23.8 Å². The Balaban J connectivity index is 2.40. The molecule has 1 heterocycles. The SMILES string of the molecule is Cc1ccc(-n2c(=O)[nH]c3cccc(C(=O)O)c32)cc1. The third-order valence-corrected chi connectivity index (χ3v) is 3.23. The Hall–Kier alpha value is -2.82. The third-order valence-electron chi connectivity index (χ3n) is 3.23. The maximum Gasteiger partial charge on any atom is 0.337 e. The average molecular weight is 268 g/mol. The van der Waals surface area contributed by atoms with Crippen LogP contribution in [0.5, 0.6) is 0 Å². The summed E-state index contributed by atoms with van der Waals surface area (Å²) in [5.41, 5.74) is 2.35. The number of aromatic amines is 1. The molecule has 5 heteroatoms. The Labute approximate surface area is 114 Å². The van der Waals surface area contributed by atoms with Gasteiger partial charge in [-0.3, -0.25) is 4.57 Å². The molecule has 0 radical (unpaired) electrons. The smallest absolute Gasteiger partial charge is 0.337 e. The Kier molecular flexibility index (Phi) is 2.68. The van der Waals surface area contributed by atoms with Crippen LogP contribution in [0.15, 0.2) is 47.3 Å². The van der Waals surface area contributed by atoms with Gasteiger partial charge in [-0.2, -0.15) is 0 Å². The molecule has 0 amide bonds. The number of imidazole rings is 1. The molecule has 0 unspecified atom stereocenters. The van der Waals surface area contributed by atoms with Crippen molar-refractivity contribution in [1.29, 1.82) is 0 Å². The lowest BCUT2D eigenvalue weighted by molar-refractivity contribution is 0.0698. The number of benzene rings is 2. The van der Waals surface area contributed by atoms with Crippen LogP contribution in [0.2, 0.25) is 0 Å². The molecule has 2 aromatic carbocycles. The number of aromatic carboxylic acids is 1. The van der Waals surface area contributed by atoms with Gasteiger partial charge in [-0.05, 0) is 31.2 Å². The highest BCUT2D eigenvalue weighted by Crippen LogP contribution is 2.20. The van der Waals surface area contributed by atoms with Gasteiger partial charge in [0.15, 0.2) is 0 Å². The first-order valence-electron chi connectivity index (χ1n) is 6.12. The molecular formula is C15H12N2O3. The van der Waals surface area contributed by atoms with E-state index in [2.05, 4.69) is 4.98 Å². The van der Waals surface area contributed by atoms with E-state index < -0.39 is 5.97 Å². The van der Waals surface area contributed by atoms with Crippen molar-refractivity contribution in [2.45, 2.75) is 6.92 Å². The summed E-state index contributed by atoms with van der Waals surface area (Å²) in [6, 6.07) is 12.1. The van der Waals surface area contributed by atoms with E-state index in [4.69, 9.17) is 0 Å². The fourth-order valence-corrected chi connectivity index (χ4v) is 2.27. The number of hydrogen-bond acceptors (Lipinski definition) is 2. The van der Waals surface area contributed by atoms with Gasteiger partial charge in [0.1, 0.15) is 0 Å². The molecule has 0 aliphatic rings. The van der Waals surface area contributed by atoms with Gasteiger partial charge in [0.05, 0.1) is 22.3 Å². The van der Waals surface area contributed by atoms with Crippen molar-refractivity contribution in [3.8, 4) is 5.69 Å². The quantitative estimate of drug-likeness (QED) is 0.749. The number of aryl methyl sites for hydroxylation is 1. The third kappa shape index (κ3) is 1.80. The summed E-state index contributed by atoms with van der Waals surface area (Å²) in [5, 5.41) is 9.28. The van der Waals surface area contributed by atoms with Gasteiger partial charge in [-0.25, -0.2) is 9.59 Å². The van der Waals surface area contributed by atoms with Crippen molar-refractivity contribution >= 4 is 17.0 Å². The number of nitrogens with one attached hydrogen (secondary N) is 1. The van der Waals surface area contributed by atoms with Crippen molar-refractivity contribution in [3.05, 3.63) is 64.1 Å². The Morgan fingerprint density at radius 3 is 2.50 bits per heavy atom. The van der Waals surface area contributed by atoms with Gasteiger partial charge in [0, 0.05) is 0 Å². The molecule has 3 aromatic rings. The van der Waals surface area contributed by atoms with Crippen LogP contribution in [-0.4, -0.2) is 20.6 Å². The largest absolute Gasteiger partial charge is 0.478 e. The molecule has 0 fully saturated rings. The number of rotatable bonds is 2. The zero-order valence-corrected chi connectivity index (χ0v) is 10.8. The molecular weight excluding hydrogens is 256 g/mol. The van der Waals surface area contributed by atoms with Crippen molar-refractivity contribution in [2.24, 2.45) is 0 Å². The molecule has 5 nitrogen and oxygen atoms in total. The van der Waals surface area contributed by atoms with Crippen LogP contribution in [0.4, 0.5) is 0 Å². The molecule has 20 heavy (non-hydrogen) atoms. The monoisotopic (exact) mass is 268 g/mol. The highest BCUT2D eigenvalue weighted by Gasteiger charge is 2.16. The highest BCUT2D eigenvalue weighted by atomic mass is 16.4. The van der Waals surface area contributed by atoms with E-state index in [1.165, 1.54) is 10.6 Å². The van der Waals surface area contributed by atoms with E-state index in [-0.39, 0.29) is 11.3 Å². The van der Waals surface area contributed by atoms with E-state index in [1.54, 1.807) is 24.3 Å². The van der Waals surface area contributed by atoms with Crippen LogP contribution in [0.25, 0.3) is 16.7 Å². The average Bonchev–Trinajstić information content (AvgIpc) is 2.75. The topological polar surface area (TPSA) is 75.1 Å². The fourth-order valence-electron chi connectivity index (χ4n) is 2.27. The first kappa shape index (κ1) is 12.2. The number of nitrogens with zero attached hydrogens (tertiary/aromatic N) is 1. The normalized spacial score (nSPS) is 10.8. The minimum atomic E-state index is -1.06. The first-order chi connectivity index (χ1) is 9.58. The van der Waals surface area contributed by atoms with Crippen LogP contribution in [0.1, 0.15) is 15.9 Å². The zero-order chi connectivity index (χ0) is 14.3. The number of fused-ring (bicyclic) bond motifs is 1. The summed E-state index contributed by atoms with van der Waals surface area (Å²) in [6.45, 7) is 1.95. The maximum absolute atomic E-state index is 12.1. The maximum atomic E-state index is 12.1. The van der Waals surface area contributed by atoms with E-state index in [0.29, 0.717) is 16.7 Å². The van der Waals surface area contributed by atoms with E-state index in [9.17, 15) is 14.7 Å². The molecule has 0 spiro atoms. The molecule has 0 aliphatic carbocycles.